The zero-order chi connectivity index (χ0) is 31.3. The number of amides is 1. The molecule has 4 aliphatic carbocycles. The van der Waals surface area contributed by atoms with Crippen LogP contribution < -0.4 is 15.8 Å². The summed E-state index contributed by atoms with van der Waals surface area (Å²) in [6.07, 6.45) is 10.3. The number of rotatable bonds is 7. The fraction of sp³-hybridized carbons (Fsp3) is 0.703. The van der Waals surface area contributed by atoms with E-state index in [0.29, 0.717) is 41.6 Å². The lowest BCUT2D eigenvalue weighted by Gasteiger charge is -2.60. The SMILES string of the molecule is CN1CCN(c2ccc3c(CCNC(=O)CO[C@H]4CCC5[C@@H]6CCC7CC(=O)CC[C@]7(C)C6CC[C@@]54C)cc(=O)oc3c2)CC1. The van der Waals surface area contributed by atoms with Gasteiger partial charge in [0.05, 0.1) is 6.10 Å². The number of piperazine rings is 1. The van der Waals surface area contributed by atoms with E-state index in [1.807, 2.05) is 12.1 Å². The number of Topliss-reactive ketones (excluding diaryl/α,β-unsaturated/α-hetero) is 1. The first-order valence-corrected chi connectivity index (χ1v) is 17.5. The number of hydrogen-bond donors (Lipinski definition) is 1. The standard InChI is InChI=1S/C37H51N3O5/c1-36-13-10-27(41)21-25(36)4-6-29-30-8-9-33(37(30,2)14-11-31(29)36)44-23-34(42)38-15-12-24-20-35(43)45-32-22-26(5-7-28(24)32)40-18-16-39(3)17-19-40/h5,7,20,22,25,29-31,33H,4,6,8-19,21,23H2,1-3H3,(H,38,42)/t25?,29-,30?,31?,33-,36-,37-/m0/s1. The van der Waals surface area contributed by atoms with E-state index in [0.717, 1.165) is 86.8 Å². The molecule has 0 spiro atoms. The third kappa shape index (κ3) is 5.75. The smallest absolute Gasteiger partial charge is 0.336 e. The molecule has 1 N–H and O–H groups in total. The van der Waals surface area contributed by atoms with E-state index in [-0.39, 0.29) is 29.7 Å². The van der Waals surface area contributed by atoms with Gasteiger partial charge in [0.15, 0.2) is 0 Å². The van der Waals surface area contributed by atoms with E-state index < -0.39 is 0 Å². The quantitative estimate of drug-likeness (QED) is 0.427. The predicted molar refractivity (Wildman–Crippen MR) is 175 cm³/mol. The van der Waals surface area contributed by atoms with Gasteiger partial charge in [-0.3, -0.25) is 9.59 Å². The number of ether oxygens (including phenoxy) is 1. The van der Waals surface area contributed by atoms with Gasteiger partial charge in [0, 0.05) is 68.8 Å². The number of nitrogens with one attached hydrogen (secondary N) is 1. The van der Waals surface area contributed by atoms with Crippen LogP contribution in [-0.2, 0) is 20.7 Å². The highest BCUT2D eigenvalue weighted by Gasteiger charge is 2.60. The average Bonchev–Trinajstić information content (AvgIpc) is 3.36. The molecule has 2 aromatic rings. The van der Waals surface area contributed by atoms with Gasteiger partial charge in [-0.15, -0.1) is 0 Å². The summed E-state index contributed by atoms with van der Waals surface area (Å²) in [7, 11) is 2.14. The minimum absolute atomic E-state index is 0.0784. The number of likely N-dealkylation sites (N-methyl/N-ethyl adjacent to an activating group) is 1. The van der Waals surface area contributed by atoms with Crippen LogP contribution in [0.4, 0.5) is 5.69 Å². The first-order valence-electron chi connectivity index (χ1n) is 17.5. The molecule has 1 saturated heterocycles. The van der Waals surface area contributed by atoms with Crippen molar-refractivity contribution in [2.45, 2.75) is 84.2 Å². The van der Waals surface area contributed by atoms with Crippen LogP contribution in [0.3, 0.4) is 0 Å². The summed E-state index contributed by atoms with van der Waals surface area (Å²) >= 11 is 0. The van der Waals surface area contributed by atoms with Crippen molar-refractivity contribution >= 4 is 28.3 Å². The van der Waals surface area contributed by atoms with Crippen LogP contribution in [0.2, 0.25) is 0 Å². The Morgan fingerprint density at radius 3 is 2.60 bits per heavy atom. The van der Waals surface area contributed by atoms with Crippen molar-refractivity contribution in [3.63, 3.8) is 0 Å². The lowest BCUT2D eigenvalue weighted by atomic mass is 9.45. The normalized spacial score (nSPS) is 35.1. The van der Waals surface area contributed by atoms with Gasteiger partial charge in [-0.25, -0.2) is 4.79 Å². The molecule has 5 fully saturated rings. The minimum atomic E-state index is -0.360. The van der Waals surface area contributed by atoms with Crippen LogP contribution in [-0.4, -0.2) is 69.1 Å². The first kappa shape index (κ1) is 30.9. The lowest BCUT2D eigenvalue weighted by molar-refractivity contribution is -0.148. The molecule has 5 aliphatic rings. The van der Waals surface area contributed by atoms with Gasteiger partial charge in [-0.2, -0.15) is 0 Å². The predicted octanol–water partition coefficient (Wildman–Crippen LogP) is 5.20. The summed E-state index contributed by atoms with van der Waals surface area (Å²) < 4.78 is 12.0. The average molecular weight is 618 g/mol. The molecule has 1 aromatic carbocycles. The van der Waals surface area contributed by atoms with Gasteiger partial charge >= 0.3 is 5.63 Å². The fourth-order valence-corrected chi connectivity index (χ4v) is 10.5. The van der Waals surface area contributed by atoms with Crippen molar-refractivity contribution in [3.05, 3.63) is 40.2 Å². The Hall–Kier alpha value is -2.71. The van der Waals surface area contributed by atoms with E-state index >= 15 is 0 Å². The topological polar surface area (TPSA) is 92.1 Å². The molecule has 244 valence electrons. The molecule has 1 aliphatic heterocycles. The summed E-state index contributed by atoms with van der Waals surface area (Å²) in [5, 5.41) is 3.96. The molecule has 7 atom stereocenters. The maximum Gasteiger partial charge on any atom is 0.336 e. The molecule has 0 bridgehead atoms. The second kappa shape index (κ2) is 12.1. The Bertz CT molecular complexity index is 1500. The largest absolute Gasteiger partial charge is 0.423 e. The number of carbonyl (C=O) groups is 2. The second-order valence-electron chi connectivity index (χ2n) is 15.5. The Morgan fingerprint density at radius 2 is 1.78 bits per heavy atom. The second-order valence-corrected chi connectivity index (χ2v) is 15.5. The molecule has 3 unspecified atom stereocenters. The van der Waals surface area contributed by atoms with E-state index in [9.17, 15) is 14.4 Å². The Kier molecular flexibility index (Phi) is 8.34. The van der Waals surface area contributed by atoms with Crippen LogP contribution in [0, 0.1) is 34.5 Å². The number of fused-ring (bicyclic) bond motifs is 6. The van der Waals surface area contributed by atoms with Gasteiger partial charge in [-0.05, 0) is 111 Å². The number of hydrogen-bond acceptors (Lipinski definition) is 7. The molecular weight excluding hydrogens is 566 g/mol. The molecule has 8 heteroatoms. The van der Waals surface area contributed by atoms with Crippen molar-refractivity contribution < 1.29 is 18.7 Å². The van der Waals surface area contributed by atoms with E-state index in [4.69, 9.17) is 9.15 Å². The molecule has 8 nitrogen and oxygen atoms in total. The summed E-state index contributed by atoms with van der Waals surface area (Å²) in [5.74, 6) is 3.04. The third-order valence-electron chi connectivity index (χ3n) is 13.2. The van der Waals surface area contributed by atoms with Gasteiger partial charge in [-0.1, -0.05) is 13.8 Å². The maximum atomic E-state index is 12.9. The van der Waals surface area contributed by atoms with E-state index in [2.05, 4.69) is 42.1 Å². The van der Waals surface area contributed by atoms with Crippen molar-refractivity contribution in [1.29, 1.82) is 0 Å². The summed E-state index contributed by atoms with van der Waals surface area (Å²) in [6, 6.07) is 7.67. The Morgan fingerprint density at radius 1 is 0.978 bits per heavy atom. The third-order valence-corrected chi connectivity index (χ3v) is 13.2. The van der Waals surface area contributed by atoms with Crippen LogP contribution in [0.25, 0.3) is 11.0 Å². The highest BCUT2D eigenvalue weighted by molar-refractivity contribution is 5.84. The van der Waals surface area contributed by atoms with Gasteiger partial charge in [0.1, 0.15) is 18.0 Å². The molecule has 4 saturated carbocycles. The summed E-state index contributed by atoms with van der Waals surface area (Å²) in [5.41, 5.74) is 2.64. The van der Waals surface area contributed by atoms with Crippen LogP contribution in [0.15, 0.2) is 33.5 Å². The molecule has 45 heavy (non-hydrogen) atoms. The van der Waals surface area contributed by atoms with E-state index in [1.54, 1.807) is 6.07 Å². The lowest BCUT2D eigenvalue weighted by Crippen LogP contribution is -2.54. The highest BCUT2D eigenvalue weighted by Crippen LogP contribution is 2.66. The summed E-state index contributed by atoms with van der Waals surface area (Å²) in [4.78, 5) is 42.2. The van der Waals surface area contributed by atoms with Crippen LogP contribution in [0.1, 0.15) is 77.2 Å². The molecular formula is C37H51N3O5. The maximum absolute atomic E-state index is 12.9. The molecule has 2 heterocycles. The molecule has 1 amide bonds. The number of carbonyl (C=O) groups excluding carboxylic acids is 2. The number of ketones is 1. The molecule has 1 aromatic heterocycles. The zero-order valence-corrected chi connectivity index (χ0v) is 27.4. The number of nitrogens with zero attached hydrogens (tertiary/aromatic N) is 2. The van der Waals surface area contributed by atoms with Crippen molar-refractivity contribution in [2.75, 3.05) is 51.3 Å². The zero-order valence-electron chi connectivity index (χ0n) is 27.4. The van der Waals surface area contributed by atoms with Gasteiger partial charge < -0.3 is 24.3 Å². The number of anilines is 1. The van der Waals surface area contributed by atoms with Gasteiger partial charge in [0.2, 0.25) is 5.91 Å². The van der Waals surface area contributed by atoms with Gasteiger partial charge in [0.25, 0.3) is 0 Å². The van der Waals surface area contributed by atoms with Crippen molar-refractivity contribution in [1.82, 2.24) is 10.2 Å². The summed E-state index contributed by atoms with van der Waals surface area (Å²) in [6.45, 7) is 9.35. The van der Waals surface area contributed by atoms with Crippen LogP contribution in [0.5, 0.6) is 0 Å². The molecule has 0 radical (unpaired) electrons. The van der Waals surface area contributed by atoms with Crippen molar-refractivity contribution in [2.24, 2.45) is 34.5 Å². The minimum Gasteiger partial charge on any atom is -0.423 e. The van der Waals surface area contributed by atoms with Crippen LogP contribution >= 0.6 is 0 Å². The number of benzene rings is 1. The van der Waals surface area contributed by atoms with E-state index in [1.165, 1.54) is 25.7 Å². The molecule has 7 rings (SSSR count). The monoisotopic (exact) mass is 617 g/mol. The Labute approximate surface area is 267 Å². The highest BCUT2D eigenvalue weighted by atomic mass is 16.5. The fourth-order valence-electron chi connectivity index (χ4n) is 10.5. The van der Waals surface area contributed by atoms with Crippen molar-refractivity contribution in [3.8, 4) is 0 Å². The first-order chi connectivity index (χ1) is 21.6. The Balaban J connectivity index is 0.928.